The molecule has 0 N–H and O–H groups in total. The topological polar surface area (TPSA) is 12.1 Å². The Morgan fingerprint density at radius 3 is 1.64 bits per heavy atom. The molecule has 11 aromatic rings. The van der Waals surface area contributed by atoms with Crippen LogP contribution in [-0.2, 0) is 10.8 Å². The molecule has 0 aliphatic carbocycles. The molecule has 0 saturated carbocycles. The highest BCUT2D eigenvalue weighted by atomic mass is 15.1. The van der Waals surface area contributed by atoms with Crippen molar-refractivity contribution in [3.8, 4) is 0 Å². The van der Waals surface area contributed by atoms with Crippen LogP contribution < -0.4 is 4.90 Å². The average Bonchev–Trinajstić information content (AvgIpc) is 3.88. The second-order valence-electron chi connectivity index (χ2n) is 17.1. The number of benzene rings is 7. The fourth-order valence-electron chi connectivity index (χ4n) is 9.27. The highest BCUT2D eigenvalue weighted by Crippen LogP contribution is 2.51. The zero-order chi connectivity index (χ0) is 36.0. The fourth-order valence-corrected chi connectivity index (χ4v) is 9.27. The molecule has 0 bridgehead atoms. The molecule has 4 heterocycles. The number of para-hydroxylation sites is 3. The lowest BCUT2D eigenvalue weighted by atomic mass is 9.84. The van der Waals surface area contributed by atoms with E-state index in [1.165, 1.54) is 93.0 Å². The fraction of sp³-hybridized carbons (Fsp3) is 0.160. The summed E-state index contributed by atoms with van der Waals surface area (Å²) < 4.78 is 5.15. The third-order valence-corrected chi connectivity index (χ3v) is 11.8. The highest BCUT2D eigenvalue weighted by molar-refractivity contribution is 6.35. The van der Waals surface area contributed by atoms with Gasteiger partial charge >= 0.3 is 0 Å². The summed E-state index contributed by atoms with van der Waals surface area (Å²) in [5.41, 5.74) is 13.9. The molecule has 7 aromatic carbocycles. The van der Waals surface area contributed by atoms with Crippen molar-refractivity contribution in [2.24, 2.45) is 0 Å². The predicted octanol–water partition coefficient (Wildman–Crippen LogP) is 14.1. The summed E-state index contributed by atoms with van der Waals surface area (Å²) >= 11 is 0. The van der Waals surface area contributed by atoms with Crippen molar-refractivity contribution >= 4 is 93.3 Å². The molecule has 0 aliphatic rings. The zero-order valence-corrected chi connectivity index (χ0v) is 31.1. The van der Waals surface area contributed by atoms with Crippen LogP contribution in [0.5, 0.6) is 0 Å². The molecule has 0 fully saturated rings. The lowest BCUT2D eigenvalue weighted by Crippen LogP contribution is -2.11. The minimum Gasteiger partial charge on any atom is -0.310 e. The third kappa shape index (κ3) is 4.05. The van der Waals surface area contributed by atoms with Crippen molar-refractivity contribution in [1.29, 1.82) is 0 Å². The summed E-state index contributed by atoms with van der Waals surface area (Å²) in [5.74, 6) is 0. The van der Waals surface area contributed by atoms with E-state index in [1.54, 1.807) is 0 Å². The van der Waals surface area contributed by atoms with Gasteiger partial charge in [0.1, 0.15) is 0 Å². The number of anilines is 3. The summed E-state index contributed by atoms with van der Waals surface area (Å²) in [6.07, 6.45) is 0. The lowest BCUT2D eigenvalue weighted by molar-refractivity contribution is 0.590. The summed E-state index contributed by atoms with van der Waals surface area (Å²) in [7, 11) is 0. The maximum Gasteiger partial charge on any atom is 0.0642 e. The first kappa shape index (κ1) is 30.6. The van der Waals surface area contributed by atoms with E-state index < -0.39 is 0 Å². The molecule has 0 unspecified atom stereocenters. The van der Waals surface area contributed by atoms with Gasteiger partial charge in [0.25, 0.3) is 0 Å². The second kappa shape index (κ2) is 10.3. The molecule has 3 nitrogen and oxygen atoms in total. The standard InChI is InChI=1S/C50H41N3/c1-49(2,3)30-21-24-41-37(27-30)38-28-31(50(4,5)6)29-39-45-43(52(41)46(38)39)26-23-36-44-42(51(32-15-9-7-10-16-32)33-17-11-8-12-18-33)25-22-35-34-19-13-14-20-40(34)53(47(35)44)48(36)45/h7-29H,1-6H3. The van der Waals surface area contributed by atoms with Gasteiger partial charge in [-0.05, 0) is 94.8 Å². The van der Waals surface area contributed by atoms with Crippen molar-refractivity contribution in [1.82, 2.24) is 8.80 Å². The van der Waals surface area contributed by atoms with Gasteiger partial charge in [-0.3, -0.25) is 0 Å². The SMILES string of the molecule is CC(C)(C)c1ccc2c(c1)c1cc(C(C)(C)C)cc3c4c(ccc5c6c(N(c7ccccc7)c7ccccc7)ccc7c8ccccc8n(c76)c54)n2c13. The molecule has 0 atom stereocenters. The summed E-state index contributed by atoms with van der Waals surface area (Å²) in [6.45, 7) is 14.0. The van der Waals surface area contributed by atoms with Crippen molar-refractivity contribution in [3.63, 3.8) is 0 Å². The van der Waals surface area contributed by atoms with Gasteiger partial charge in [-0.1, -0.05) is 108 Å². The van der Waals surface area contributed by atoms with Gasteiger partial charge in [0, 0.05) is 54.5 Å². The second-order valence-corrected chi connectivity index (χ2v) is 17.1. The number of hydrogen-bond donors (Lipinski definition) is 0. The van der Waals surface area contributed by atoms with Crippen molar-refractivity contribution in [2.75, 3.05) is 4.90 Å². The van der Waals surface area contributed by atoms with E-state index in [9.17, 15) is 0 Å². The summed E-state index contributed by atoms with van der Waals surface area (Å²) in [4.78, 5) is 2.43. The predicted molar refractivity (Wildman–Crippen MR) is 228 cm³/mol. The monoisotopic (exact) mass is 683 g/mol. The van der Waals surface area contributed by atoms with Crippen molar-refractivity contribution in [2.45, 2.75) is 52.4 Å². The quantitative estimate of drug-likeness (QED) is 0.180. The first-order valence-electron chi connectivity index (χ1n) is 18.9. The van der Waals surface area contributed by atoms with E-state index >= 15 is 0 Å². The molecule has 0 saturated heterocycles. The Hall–Kier alpha value is -6.06. The first-order chi connectivity index (χ1) is 25.6. The molecule has 4 aromatic heterocycles. The minimum atomic E-state index is -0.0170. The summed E-state index contributed by atoms with van der Waals surface area (Å²) in [5, 5.41) is 10.5. The maximum atomic E-state index is 2.59. The molecule has 53 heavy (non-hydrogen) atoms. The van der Waals surface area contributed by atoms with E-state index in [2.05, 4.69) is 195 Å². The van der Waals surface area contributed by atoms with Crippen molar-refractivity contribution in [3.05, 3.63) is 151 Å². The van der Waals surface area contributed by atoms with Crippen LogP contribution in [0.3, 0.4) is 0 Å². The first-order valence-corrected chi connectivity index (χ1v) is 18.9. The Labute approximate surface area is 309 Å². The Balaban J connectivity index is 1.37. The number of nitrogens with zero attached hydrogens (tertiary/aromatic N) is 3. The molecule has 0 amide bonds. The molecule has 11 rings (SSSR count). The van der Waals surface area contributed by atoms with E-state index in [1.807, 2.05) is 0 Å². The molecule has 0 spiro atoms. The normalized spacial score (nSPS) is 13.1. The van der Waals surface area contributed by atoms with Crippen LogP contribution in [0.1, 0.15) is 52.7 Å². The molecular formula is C50H41N3. The van der Waals surface area contributed by atoms with E-state index in [0.29, 0.717) is 0 Å². The summed E-state index contributed by atoms with van der Waals surface area (Å²) in [6, 6.07) is 52.2. The van der Waals surface area contributed by atoms with Crippen LogP contribution >= 0.6 is 0 Å². The number of fused-ring (bicyclic) bond motifs is 13. The smallest absolute Gasteiger partial charge is 0.0642 e. The maximum absolute atomic E-state index is 2.59. The van der Waals surface area contributed by atoms with Gasteiger partial charge in [-0.2, -0.15) is 0 Å². The lowest BCUT2D eigenvalue weighted by Gasteiger charge is -2.26. The Morgan fingerprint density at radius 2 is 0.943 bits per heavy atom. The Morgan fingerprint density at radius 1 is 0.377 bits per heavy atom. The zero-order valence-electron chi connectivity index (χ0n) is 31.1. The third-order valence-electron chi connectivity index (χ3n) is 11.8. The average molecular weight is 684 g/mol. The molecule has 256 valence electrons. The molecule has 3 heteroatoms. The largest absolute Gasteiger partial charge is 0.310 e. The van der Waals surface area contributed by atoms with Gasteiger partial charge in [0.05, 0.1) is 38.8 Å². The van der Waals surface area contributed by atoms with Crippen LogP contribution in [0.4, 0.5) is 17.1 Å². The minimum absolute atomic E-state index is 0.0170. The highest BCUT2D eigenvalue weighted by Gasteiger charge is 2.29. The number of hydrogen-bond acceptors (Lipinski definition) is 1. The molecule has 0 radical (unpaired) electrons. The van der Waals surface area contributed by atoms with Gasteiger partial charge in [0.2, 0.25) is 0 Å². The van der Waals surface area contributed by atoms with Crippen LogP contribution in [0.25, 0.3) is 76.2 Å². The number of rotatable bonds is 3. The van der Waals surface area contributed by atoms with Crippen LogP contribution in [0.15, 0.2) is 140 Å². The van der Waals surface area contributed by atoms with E-state index in [4.69, 9.17) is 0 Å². The van der Waals surface area contributed by atoms with Gasteiger partial charge in [0.15, 0.2) is 0 Å². The number of aromatic nitrogens is 2. The molecule has 0 aliphatic heterocycles. The molecular weight excluding hydrogens is 643 g/mol. The Kier molecular flexibility index (Phi) is 5.93. The van der Waals surface area contributed by atoms with E-state index in [-0.39, 0.29) is 10.8 Å². The van der Waals surface area contributed by atoms with Crippen molar-refractivity contribution < 1.29 is 0 Å². The van der Waals surface area contributed by atoms with Crippen LogP contribution in [-0.4, -0.2) is 8.80 Å². The van der Waals surface area contributed by atoms with E-state index in [0.717, 1.165) is 11.4 Å². The van der Waals surface area contributed by atoms with Gasteiger partial charge in [-0.25, -0.2) is 0 Å². The Bertz CT molecular complexity index is 3180. The van der Waals surface area contributed by atoms with Gasteiger partial charge in [-0.15, -0.1) is 0 Å². The van der Waals surface area contributed by atoms with Crippen LogP contribution in [0.2, 0.25) is 0 Å². The van der Waals surface area contributed by atoms with Gasteiger partial charge < -0.3 is 13.7 Å². The van der Waals surface area contributed by atoms with Crippen LogP contribution in [0, 0.1) is 0 Å².